The Morgan fingerprint density at radius 1 is 1.12 bits per heavy atom. The average Bonchev–Trinajstić information content (AvgIpc) is 2.37. The zero-order valence-corrected chi connectivity index (χ0v) is 11.1. The van der Waals surface area contributed by atoms with E-state index in [1.807, 2.05) is 0 Å². The van der Waals surface area contributed by atoms with Crippen LogP contribution in [-0.4, -0.2) is 19.3 Å². The second-order valence-corrected chi connectivity index (χ2v) is 4.76. The van der Waals surface area contributed by atoms with Crippen LogP contribution in [0.5, 0.6) is 0 Å². The van der Waals surface area contributed by atoms with Gasteiger partial charge in [-0.05, 0) is 44.6 Å². The lowest BCUT2D eigenvalue weighted by Gasteiger charge is -2.14. The van der Waals surface area contributed by atoms with Crippen LogP contribution in [0.15, 0.2) is 30.3 Å². The third-order valence-electron chi connectivity index (χ3n) is 3.23. The fourth-order valence-corrected chi connectivity index (χ4v) is 1.92. The van der Waals surface area contributed by atoms with E-state index in [-0.39, 0.29) is 0 Å². The van der Waals surface area contributed by atoms with Crippen LogP contribution in [0, 0.1) is 0 Å². The highest BCUT2D eigenvalue weighted by Crippen LogP contribution is 2.10. The van der Waals surface area contributed by atoms with Gasteiger partial charge >= 0.3 is 0 Å². The highest BCUT2D eigenvalue weighted by atomic mass is 16.5. The van der Waals surface area contributed by atoms with Crippen molar-refractivity contribution in [3.05, 3.63) is 35.9 Å². The van der Waals surface area contributed by atoms with Gasteiger partial charge in [-0.2, -0.15) is 0 Å². The van der Waals surface area contributed by atoms with Crippen LogP contribution in [0.4, 0.5) is 0 Å². The summed E-state index contributed by atoms with van der Waals surface area (Å²) in [6, 6.07) is 10.9. The number of hydrogen-bond acceptors (Lipinski definition) is 2. The Bertz CT molecular complexity index is 286. The molecule has 2 N–H and O–H groups in total. The topological polar surface area (TPSA) is 35.2 Å². The zero-order chi connectivity index (χ0) is 12.5. The summed E-state index contributed by atoms with van der Waals surface area (Å²) in [5.74, 6) is 0. The Hall–Kier alpha value is -0.860. The minimum Gasteiger partial charge on any atom is -0.382 e. The molecule has 1 aromatic rings. The van der Waals surface area contributed by atoms with E-state index in [1.165, 1.54) is 12.0 Å². The summed E-state index contributed by atoms with van der Waals surface area (Å²) in [6.45, 7) is 2.09. The zero-order valence-electron chi connectivity index (χ0n) is 11.1. The van der Waals surface area contributed by atoms with Gasteiger partial charge in [0.25, 0.3) is 0 Å². The lowest BCUT2D eigenvalue weighted by atomic mass is 10.0. The molecule has 0 saturated carbocycles. The predicted molar refractivity (Wildman–Crippen MR) is 73.1 cm³/mol. The van der Waals surface area contributed by atoms with Crippen molar-refractivity contribution in [2.45, 2.75) is 51.2 Å². The van der Waals surface area contributed by atoms with Gasteiger partial charge < -0.3 is 10.5 Å². The summed E-state index contributed by atoms with van der Waals surface area (Å²) >= 11 is 0. The van der Waals surface area contributed by atoms with Crippen molar-refractivity contribution in [2.24, 2.45) is 5.73 Å². The molecule has 0 aliphatic rings. The van der Waals surface area contributed by atoms with Crippen LogP contribution in [0.3, 0.4) is 0 Å². The summed E-state index contributed by atoms with van der Waals surface area (Å²) in [5, 5.41) is 0. The highest BCUT2D eigenvalue weighted by molar-refractivity contribution is 5.14. The van der Waals surface area contributed by atoms with Gasteiger partial charge in [-0.25, -0.2) is 0 Å². The van der Waals surface area contributed by atoms with E-state index in [1.54, 1.807) is 7.11 Å². The molecular weight excluding hydrogens is 210 g/mol. The van der Waals surface area contributed by atoms with Crippen molar-refractivity contribution in [1.29, 1.82) is 0 Å². The highest BCUT2D eigenvalue weighted by Gasteiger charge is 2.06. The molecule has 0 radical (unpaired) electrons. The van der Waals surface area contributed by atoms with E-state index in [0.717, 1.165) is 25.7 Å². The molecular formula is C15H25NO. The molecule has 96 valence electrons. The van der Waals surface area contributed by atoms with E-state index in [4.69, 9.17) is 10.5 Å². The number of methoxy groups -OCH3 is 1. The van der Waals surface area contributed by atoms with E-state index in [2.05, 4.69) is 37.3 Å². The predicted octanol–water partition coefficient (Wildman–Crippen LogP) is 3.15. The van der Waals surface area contributed by atoms with Gasteiger partial charge in [0.1, 0.15) is 0 Å². The van der Waals surface area contributed by atoms with Crippen LogP contribution in [0.2, 0.25) is 0 Å². The molecule has 2 atom stereocenters. The first-order valence-electron chi connectivity index (χ1n) is 6.54. The molecule has 0 saturated heterocycles. The largest absolute Gasteiger partial charge is 0.382 e. The van der Waals surface area contributed by atoms with Crippen LogP contribution in [-0.2, 0) is 11.2 Å². The quantitative estimate of drug-likeness (QED) is 0.751. The van der Waals surface area contributed by atoms with E-state index >= 15 is 0 Å². The number of ether oxygens (including phenoxy) is 1. The number of aryl methyl sites for hydroxylation is 1. The van der Waals surface area contributed by atoms with Crippen molar-refractivity contribution >= 4 is 0 Å². The van der Waals surface area contributed by atoms with Crippen LogP contribution in [0.1, 0.15) is 38.2 Å². The fourth-order valence-electron chi connectivity index (χ4n) is 1.92. The minimum absolute atomic E-state index is 0.316. The summed E-state index contributed by atoms with van der Waals surface area (Å²) in [4.78, 5) is 0. The molecule has 0 aliphatic carbocycles. The molecule has 0 heterocycles. The fraction of sp³-hybridized carbons (Fsp3) is 0.600. The smallest absolute Gasteiger partial charge is 0.0543 e. The second-order valence-electron chi connectivity index (χ2n) is 4.76. The van der Waals surface area contributed by atoms with Crippen molar-refractivity contribution in [2.75, 3.05) is 7.11 Å². The van der Waals surface area contributed by atoms with Crippen molar-refractivity contribution in [3.8, 4) is 0 Å². The van der Waals surface area contributed by atoms with Gasteiger partial charge in [0.2, 0.25) is 0 Å². The SMILES string of the molecule is COC(C)CCC(N)CCCc1ccccc1. The maximum absolute atomic E-state index is 6.09. The molecule has 0 spiro atoms. The number of nitrogens with two attached hydrogens (primary N) is 1. The first-order valence-corrected chi connectivity index (χ1v) is 6.54. The molecule has 2 heteroatoms. The molecule has 0 aliphatic heterocycles. The van der Waals surface area contributed by atoms with Crippen molar-refractivity contribution in [1.82, 2.24) is 0 Å². The molecule has 17 heavy (non-hydrogen) atoms. The number of benzene rings is 1. The summed E-state index contributed by atoms with van der Waals surface area (Å²) in [6.07, 6.45) is 5.86. The van der Waals surface area contributed by atoms with Gasteiger partial charge in [0.15, 0.2) is 0 Å². The normalized spacial score (nSPS) is 14.5. The van der Waals surface area contributed by atoms with Crippen molar-refractivity contribution < 1.29 is 4.74 Å². The standard InChI is InChI=1S/C15H25NO/c1-13(17-2)11-12-15(16)10-6-9-14-7-4-3-5-8-14/h3-5,7-8,13,15H,6,9-12,16H2,1-2H3. The van der Waals surface area contributed by atoms with E-state index < -0.39 is 0 Å². The molecule has 1 aromatic carbocycles. The Labute approximate surface area is 105 Å². The Morgan fingerprint density at radius 3 is 2.47 bits per heavy atom. The first-order chi connectivity index (χ1) is 8.22. The van der Waals surface area contributed by atoms with Crippen LogP contribution in [0.25, 0.3) is 0 Å². The van der Waals surface area contributed by atoms with Gasteiger partial charge in [-0.3, -0.25) is 0 Å². The van der Waals surface area contributed by atoms with E-state index in [0.29, 0.717) is 12.1 Å². The Kier molecular flexibility index (Phi) is 6.90. The van der Waals surface area contributed by atoms with Crippen molar-refractivity contribution in [3.63, 3.8) is 0 Å². The molecule has 0 fully saturated rings. The Morgan fingerprint density at radius 2 is 1.82 bits per heavy atom. The van der Waals surface area contributed by atoms with E-state index in [9.17, 15) is 0 Å². The molecule has 2 nitrogen and oxygen atoms in total. The lowest BCUT2D eigenvalue weighted by molar-refractivity contribution is 0.107. The molecule has 1 rings (SSSR count). The maximum atomic E-state index is 6.09. The van der Waals surface area contributed by atoms with Crippen LogP contribution >= 0.6 is 0 Å². The number of hydrogen-bond donors (Lipinski definition) is 1. The third kappa shape index (κ3) is 6.44. The molecule has 0 bridgehead atoms. The minimum atomic E-state index is 0.316. The first kappa shape index (κ1) is 14.2. The third-order valence-corrected chi connectivity index (χ3v) is 3.23. The monoisotopic (exact) mass is 235 g/mol. The van der Waals surface area contributed by atoms with Gasteiger partial charge in [0, 0.05) is 13.2 Å². The average molecular weight is 235 g/mol. The summed E-state index contributed by atoms with van der Waals surface area (Å²) < 4.78 is 5.22. The molecule has 0 amide bonds. The number of rotatable bonds is 8. The molecule has 0 aromatic heterocycles. The second kappa shape index (κ2) is 8.26. The van der Waals surface area contributed by atoms with Gasteiger partial charge in [0.05, 0.1) is 6.10 Å². The van der Waals surface area contributed by atoms with Gasteiger partial charge in [-0.1, -0.05) is 30.3 Å². The Balaban J connectivity index is 2.10. The van der Waals surface area contributed by atoms with Crippen LogP contribution < -0.4 is 5.73 Å². The summed E-state index contributed by atoms with van der Waals surface area (Å²) in [5.41, 5.74) is 7.49. The molecule has 2 unspecified atom stereocenters. The van der Waals surface area contributed by atoms with Gasteiger partial charge in [-0.15, -0.1) is 0 Å². The maximum Gasteiger partial charge on any atom is 0.0543 e. The lowest BCUT2D eigenvalue weighted by Crippen LogP contribution is -2.22. The summed E-state index contributed by atoms with van der Waals surface area (Å²) in [7, 11) is 1.76.